The van der Waals surface area contributed by atoms with Gasteiger partial charge in [0.25, 0.3) is 0 Å². The zero-order valence-corrected chi connectivity index (χ0v) is 25.4. The highest BCUT2D eigenvalue weighted by Gasteiger charge is 2.39. The zero-order valence-electron chi connectivity index (χ0n) is 24.4. The monoisotopic (exact) mass is 587 g/mol. The van der Waals surface area contributed by atoms with Gasteiger partial charge in [0.2, 0.25) is 5.91 Å². The lowest BCUT2D eigenvalue weighted by molar-refractivity contribution is -0.117. The van der Waals surface area contributed by atoms with Crippen LogP contribution in [0.15, 0.2) is 58.8 Å². The predicted molar refractivity (Wildman–Crippen MR) is 164 cm³/mol. The van der Waals surface area contributed by atoms with E-state index >= 15 is 0 Å². The fourth-order valence-corrected chi connectivity index (χ4v) is 6.51. The number of rotatable bonds is 19. The quantitative estimate of drug-likeness (QED) is 0.0867. The van der Waals surface area contributed by atoms with Gasteiger partial charge in [-0.25, -0.2) is 4.79 Å². The minimum Gasteiger partial charge on any atom is -0.374 e. The maximum atomic E-state index is 12.3. The van der Waals surface area contributed by atoms with Crippen LogP contribution in [0.1, 0.15) is 46.5 Å². The Morgan fingerprint density at radius 2 is 1.32 bits per heavy atom. The molecule has 2 aromatic rings. The van der Waals surface area contributed by atoms with Crippen molar-refractivity contribution < 1.29 is 22.9 Å². The summed E-state index contributed by atoms with van der Waals surface area (Å²) in [6.45, 7) is 8.38. The van der Waals surface area contributed by atoms with Crippen molar-refractivity contribution in [1.29, 1.82) is 0 Å². The van der Waals surface area contributed by atoms with Gasteiger partial charge in [0, 0.05) is 43.8 Å². The first-order valence-corrected chi connectivity index (χ1v) is 16.1. The van der Waals surface area contributed by atoms with Crippen molar-refractivity contribution in [1.82, 2.24) is 5.32 Å². The molecule has 0 bridgehead atoms. The summed E-state index contributed by atoms with van der Waals surface area (Å²) < 4.78 is 17.5. The van der Waals surface area contributed by atoms with E-state index in [9.17, 15) is 9.59 Å². The van der Waals surface area contributed by atoms with Crippen LogP contribution in [0.5, 0.6) is 0 Å². The number of carbonyl (C=O) groups is 2. The molecule has 13 heteroatoms. The van der Waals surface area contributed by atoms with Crippen molar-refractivity contribution in [3.63, 3.8) is 0 Å². The number of benzene rings is 2. The molecule has 3 amide bonds. The van der Waals surface area contributed by atoms with Crippen LogP contribution < -0.4 is 27.4 Å². The van der Waals surface area contributed by atoms with E-state index in [2.05, 4.69) is 26.2 Å². The second-order valence-corrected chi connectivity index (χ2v) is 11.9. The molecule has 0 radical (unpaired) electrons. The molecule has 0 unspecified atom stereocenters. The molecule has 41 heavy (non-hydrogen) atoms. The predicted octanol–water partition coefficient (Wildman–Crippen LogP) is 5.06. The van der Waals surface area contributed by atoms with Crippen LogP contribution in [-0.4, -0.2) is 59.7 Å². The normalized spacial score (nSPS) is 12.3. The van der Waals surface area contributed by atoms with Gasteiger partial charge in [-0.1, -0.05) is 6.42 Å². The molecule has 0 saturated carbocycles. The van der Waals surface area contributed by atoms with Crippen LogP contribution >= 0.6 is 0 Å². The van der Waals surface area contributed by atoms with Crippen LogP contribution in [0, 0.1) is 0 Å². The lowest BCUT2D eigenvalue weighted by atomic mass is 10.1. The molecule has 7 N–H and O–H groups in total. The smallest absolute Gasteiger partial charge is 0.374 e. The molecule has 1 atom stereocenters. The highest BCUT2D eigenvalue weighted by molar-refractivity contribution is 6.60. The van der Waals surface area contributed by atoms with Crippen molar-refractivity contribution in [2.24, 2.45) is 21.7 Å². The van der Waals surface area contributed by atoms with Crippen LogP contribution in [0.2, 0.25) is 6.04 Å². The summed E-state index contributed by atoms with van der Waals surface area (Å²) in [6, 6.07) is 13.8. The third-order valence-electron chi connectivity index (χ3n) is 5.89. The van der Waals surface area contributed by atoms with Crippen molar-refractivity contribution in [3.8, 4) is 0 Å². The van der Waals surface area contributed by atoms with Crippen LogP contribution in [0.3, 0.4) is 0 Å². The third-order valence-corrected chi connectivity index (χ3v) is 9.04. The fraction of sp³-hybridized carbons (Fsp3) is 0.500. The molecule has 0 aliphatic heterocycles. The number of carbonyl (C=O) groups excluding carboxylic acids is 2. The second kappa shape index (κ2) is 19.0. The Morgan fingerprint density at radius 3 is 1.80 bits per heavy atom. The lowest BCUT2D eigenvalue weighted by Gasteiger charge is -2.28. The highest BCUT2D eigenvalue weighted by atomic mass is 28.4. The van der Waals surface area contributed by atoms with Gasteiger partial charge in [-0.15, -0.1) is 0 Å². The Bertz CT molecular complexity index is 1050. The lowest BCUT2D eigenvalue weighted by Crippen LogP contribution is -2.46. The topological polar surface area (TPSA) is 175 Å². The average molecular weight is 588 g/mol. The van der Waals surface area contributed by atoms with E-state index in [-0.39, 0.29) is 11.9 Å². The number of nitrogens with one attached hydrogen (secondary N) is 3. The number of urea groups is 1. The third kappa shape index (κ3) is 12.9. The number of nitrogens with two attached hydrogens (primary N) is 2. The maximum Gasteiger partial charge on any atom is 0.500 e. The molecule has 2 aromatic carbocycles. The standard InChI is InChI=1S/C28H45N7O5Si/c1-4-38-41(39-5-2,40-6-3)21-9-20-31-28(37)33-23-13-17-25(18-14-23)35-34-24-15-11-22(12-16-24)32-27(36)26(30)10-7-8-19-29/h11-18,26H,4-10,19-21,29-30H2,1-3H3,(H,32,36)(H2,31,33,37)/t26-/m0/s1. The van der Waals surface area contributed by atoms with Gasteiger partial charge in [-0.3, -0.25) is 4.79 Å². The molecule has 0 spiro atoms. The highest BCUT2D eigenvalue weighted by Crippen LogP contribution is 2.22. The number of hydrogen-bond acceptors (Lipinski definition) is 9. The first-order valence-electron chi connectivity index (χ1n) is 14.2. The maximum absolute atomic E-state index is 12.3. The minimum atomic E-state index is -2.72. The Hall–Kier alpha value is -3.20. The number of nitrogens with zero attached hydrogens (tertiary/aromatic N) is 2. The SMILES string of the molecule is CCO[Si](CCCNC(=O)Nc1ccc(N=Nc2ccc(NC(=O)[C@@H](N)CCCCN)cc2)cc1)(OCC)OCC. The van der Waals surface area contributed by atoms with Gasteiger partial charge in [0.05, 0.1) is 17.4 Å². The number of azo groups is 1. The molecule has 226 valence electrons. The van der Waals surface area contributed by atoms with Crippen molar-refractivity contribution in [2.75, 3.05) is 43.5 Å². The van der Waals surface area contributed by atoms with E-state index in [0.29, 0.717) is 74.5 Å². The Kier molecular flexibility index (Phi) is 15.8. The van der Waals surface area contributed by atoms with E-state index < -0.39 is 14.8 Å². The largest absolute Gasteiger partial charge is 0.500 e. The van der Waals surface area contributed by atoms with Crippen LogP contribution in [0.25, 0.3) is 0 Å². The van der Waals surface area contributed by atoms with Gasteiger partial charge in [0.15, 0.2) is 0 Å². The Morgan fingerprint density at radius 1 is 0.805 bits per heavy atom. The summed E-state index contributed by atoms with van der Waals surface area (Å²) in [4.78, 5) is 24.5. The van der Waals surface area contributed by atoms with Crippen molar-refractivity contribution in [2.45, 2.75) is 58.5 Å². The van der Waals surface area contributed by atoms with Crippen molar-refractivity contribution in [3.05, 3.63) is 48.5 Å². The summed E-state index contributed by atoms with van der Waals surface area (Å²) >= 11 is 0. The molecule has 0 aromatic heterocycles. The number of anilines is 2. The van der Waals surface area contributed by atoms with Gasteiger partial charge in [-0.05, 0) is 95.1 Å². The summed E-state index contributed by atoms with van der Waals surface area (Å²) in [5.74, 6) is -0.229. The zero-order chi connectivity index (χ0) is 29.9. The minimum absolute atomic E-state index is 0.229. The molecule has 0 heterocycles. The molecule has 0 aliphatic carbocycles. The van der Waals surface area contributed by atoms with E-state index in [4.69, 9.17) is 24.7 Å². The first-order chi connectivity index (χ1) is 19.8. The molecular weight excluding hydrogens is 542 g/mol. The summed E-state index contributed by atoms with van der Waals surface area (Å²) in [5.41, 5.74) is 13.9. The fourth-order valence-electron chi connectivity index (χ4n) is 3.90. The van der Waals surface area contributed by atoms with Gasteiger partial charge in [0.1, 0.15) is 0 Å². The number of hydrogen-bond donors (Lipinski definition) is 5. The molecule has 2 rings (SSSR count). The Balaban J connectivity index is 1.78. The van der Waals surface area contributed by atoms with Gasteiger partial charge in [-0.2, -0.15) is 10.2 Å². The summed E-state index contributed by atoms with van der Waals surface area (Å²) in [5, 5.41) is 16.9. The second-order valence-electron chi connectivity index (χ2n) is 9.14. The molecule has 0 fully saturated rings. The van der Waals surface area contributed by atoms with E-state index in [1.807, 2.05) is 20.8 Å². The van der Waals surface area contributed by atoms with Gasteiger partial charge >= 0.3 is 14.8 Å². The van der Waals surface area contributed by atoms with Crippen LogP contribution in [0.4, 0.5) is 27.5 Å². The summed E-state index contributed by atoms with van der Waals surface area (Å²) in [7, 11) is -2.72. The first kappa shape index (κ1) is 34.0. The summed E-state index contributed by atoms with van der Waals surface area (Å²) in [6.07, 6.45) is 2.93. The van der Waals surface area contributed by atoms with E-state index in [1.165, 1.54) is 0 Å². The van der Waals surface area contributed by atoms with E-state index in [0.717, 1.165) is 12.8 Å². The van der Waals surface area contributed by atoms with Crippen LogP contribution in [-0.2, 0) is 18.1 Å². The van der Waals surface area contributed by atoms with Gasteiger partial charge < -0.3 is 40.7 Å². The van der Waals surface area contributed by atoms with Crippen molar-refractivity contribution >= 4 is 43.5 Å². The Labute approximate surface area is 244 Å². The molecule has 0 aliphatic rings. The molecule has 12 nitrogen and oxygen atoms in total. The number of unbranched alkanes of at least 4 members (excludes halogenated alkanes) is 1. The molecule has 0 saturated heterocycles. The van der Waals surface area contributed by atoms with E-state index in [1.54, 1.807) is 48.5 Å². The average Bonchev–Trinajstić information content (AvgIpc) is 2.96. The number of amides is 3. The molecular formula is C28H45N7O5Si.